The van der Waals surface area contributed by atoms with E-state index in [9.17, 15) is 8.42 Å². The van der Waals surface area contributed by atoms with Crippen LogP contribution >= 0.6 is 23.2 Å². The number of aromatic nitrogens is 2. The van der Waals surface area contributed by atoms with Gasteiger partial charge in [0.25, 0.3) is 0 Å². The lowest BCUT2D eigenvalue weighted by Crippen LogP contribution is -2.13. The summed E-state index contributed by atoms with van der Waals surface area (Å²) >= 11 is 11.9. The van der Waals surface area contributed by atoms with Crippen molar-refractivity contribution in [1.82, 2.24) is 9.55 Å². The van der Waals surface area contributed by atoms with Crippen LogP contribution < -0.4 is 9.88 Å². The minimum atomic E-state index is -3.92. The fraction of sp³-hybridized carbons (Fsp3) is 0.182. The van der Waals surface area contributed by atoms with Crippen LogP contribution in [0.5, 0.6) is 5.75 Å². The zero-order chi connectivity index (χ0) is 14.9. The average Bonchev–Trinajstić information content (AvgIpc) is 2.75. The maximum atomic E-state index is 11.3. The molecule has 1 aromatic heterocycles. The molecule has 2 N–H and O–H groups in total. The molecule has 0 atom stereocenters. The second kappa shape index (κ2) is 5.61. The lowest BCUT2D eigenvalue weighted by atomic mass is 10.3. The van der Waals surface area contributed by atoms with Crippen LogP contribution in [0.15, 0.2) is 29.6 Å². The Hall–Kier alpha value is -1.28. The summed E-state index contributed by atoms with van der Waals surface area (Å²) in [6, 6.07) is 2.66. The van der Waals surface area contributed by atoms with Gasteiger partial charge in [-0.25, -0.2) is 18.5 Å². The number of rotatable bonds is 4. The number of hydrogen-bond acceptors (Lipinski definition) is 4. The van der Waals surface area contributed by atoms with E-state index in [0.29, 0.717) is 0 Å². The number of nitrogens with zero attached hydrogens (tertiary/aromatic N) is 2. The Morgan fingerprint density at radius 2 is 2.05 bits per heavy atom. The molecule has 0 aliphatic heterocycles. The number of nitrogens with two attached hydrogens (primary N) is 1. The van der Waals surface area contributed by atoms with E-state index < -0.39 is 10.0 Å². The number of primary sulfonamides is 1. The highest BCUT2D eigenvalue weighted by atomic mass is 35.5. The molecule has 0 amide bonds. The van der Waals surface area contributed by atoms with Crippen molar-refractivity contribution in [3.8, 4) is 5.75 Å². The Labute approximate surface area is 126 Å². The minimum absolute atomic E-state index is 0.000333. The molecule has 0 aliphatic rings. The molecule has 2 rings (SSSR count). The molecule has 20 heavy (non-hydrogen) atoms. The number of hydrogen-bond donors (Lipinski definition) is 1. The van der Waals surface area contributed by atoms with Crippen molar-refractivity contribution in [2.24, 2.45) is 12.2 Å². The van der Waals surface area contributed by atoms with Crippen LogP contribution in [0, 0.1) is 0 Å². The van der Waals surface area contributed by atoms with E-state index in [4.69, 9.17) is 33.1 Å². The minimum Gasteiger partial charge on any atom is -0.486 e. The molecule has 0 saturated carbocycles. The van der Waals surface area contributed by atoms with E-state index in [1.165, 1.54) is 12.1 Å². The van der Waals surface area contributed by atoms with Crippen molar-refractivity contribution < 1.29 is 13.2 Å². The Balaban J connectivity index is 2.27. The lowest BCUT2D eigenvalue weighted by molar-refractivity contribution is 0.297. The number of imidazole rings is 1. The summed E-state index contributed by atoms with van der Waals surface area (Å²) in [4.78, 5) is 3.71. The Morgan fingerprint density at radius 3 is 2.60 bits per heavy atom. The summed E-state index contributed by atoms with van der Waals surface area (Å²) in [5.74, 6) is 0.269. The van der Waals surface area contributed by atoms with Crippen molar-refractivity contribution in [3.63, 3.8) is 0 Å². The van der Waals surface area contributed by atoms with Crippen LogP contribution in [0.25, 0.3) is 0 Å². The predicted molar refractivity (Wildman–Crippen MR) is 75.4 cm³/mol. The second-order valence-corrected chi connectivity index (χ2v) is 6.31. The smallest absolute Gasteiger partial charge is 0.239 e. The van der Waals surface area contributed by atoms with Gasteiger partial charge in [-0.15, -0.1) is 0 Å². The molecule has 0 spiro atoms. The first-order chi connectivity index (χ1) is 9.30. The van der Waals surface area contributed by atoms with Crippen LogP contribution in [0.4, 0.5) is 0 Å². The first-order valence-corrected chi connectivity index (χ1v) is 7.69. The molecule has 1 aromatic carbocycles. The largest absolute Gasteiger partial charge is 0.486 e. The van der Waals surface area contributed by atoms with Crippen LogP contribution in [-0.4, -0.2) is 18.0 Å². The first-order valence-electron chi connectivity index (χ1n) is 5.39. The summed E-state index contributed by atoms with van der Waals surface area (Å²) in [7, 11) is -2.10. The van der Waals surface area contributed by atoms with Crippen LogP contribution in [-0.2, 0) is 23.7 Å². The molecule has 1 heterocycles. The van der Waals surface area contributed by atoms with Gasteiger partial charge in [0.05, 0.1) is 23.2 Å². The Morgan fingerprint density at radius 1 is 1.35 bits per heavy atom. The molecule has 0 aliphatic carbocycles. The van der Waals surface area contributed by atoms with Gasteiger partial charge in [0.15, 0.2) is 0 Å². The zero-order valence-electron chi connectivity index (χ0n) is 10.4. The highest BCUT2D eigenvalue weighted by Gasteiger charge is 2.18. The summed E-state index contributed by atoms with van der Waals surface area (Å²) in [6.45, 7) is 0.223. The highest BCUT2D eigenvalue weighted by Crippen LogP contribution is 2.36. The number of sulfonamides is 1. The molecule has 0 fully saturated rings. The van der Waals surface area contributed by atoms with E-state index in [0.717, 1.165) is 5.69 Å². The van der Waals surface area contributed by atoms with E-state index in [-0.39, 0.29) is 27.3 Å². The molecule has 108 valence electrons. The first kappa shape index (κ1) is 15.1. The lowest BCUT2D eigenvalue weighted by Gasteiger charge is -2.11. The monoisotopic (exact) mass is 335 g/mol. The van der Waals surface area contributed by atoms with Crippen LogP contribution in [0.3, 0.4) is 0 Å². The quantitative estimate of drug-likeness (QED) is 0.924. The topological polar surface area (TPSA) is 87.2 Å². The van der Waals surface area contributed by atoms with Crippen molar-refractivity contribution in [1.29, 1.82) is 0 Å². The number of halogens is 2. The Bertz CT molecular complexity index is 743. The standard InChI is InChI=1S/C11H11Cl2N3O3S/c1-16-6-15-4-7(16)5-19-8-2-3-9(20(14,17)18)11(13)10(8)12/h2-4,6H,5H2,1H3,(H2,14,17,18). The summed E-state index contributed by atoms with van der Waals surface area (Å²) in [6.07, 6.45) is 3.28. The predicted octanol–water partition coefficient (Wildman–Crippen LogP) is 1.95. The van der Waals surface area contributed by atoms with Gasteiger partial charge in [0.1, 0.15) is 22.3 Å². The molecular formula is C11H11Cl2N3O3S. The van der Waals surface area contributed by atoms with E-state index >= 15 is 0 Å². The van der Waals surface area contributed by atoms with Crippen LogP contribution in [0.2, 0.25) is 10.0 Å². The highest BCUT2D eigenvalue weighted by molar-refractivity contribution is 7.89. The molecule has 9 heteroatoms. The third kappa shape index (κ3) is 3.06. The SMILES string of the molecule is Cn1cncc1COc1ccc(S(N)(=O)=O)c(Cl)c1Cl. The number of ether oxygens (including phenoxy) is 1. The molecule has 0 unspecified atom stereocenters. The number of benzene rings is 1. The third-order valence-corrected chi connectivity index (χ3v) is 4.54. The van der Waals surface area contributed by atoms with E-state index in [1.54, 1.807) is 17.1 Å². The van der Waals surface area contributed by atoms with E-state index in [2.05, 4.69) is 4.98 Å². The molecule has 0 radical (unpaired) electrons. The molecular weight excluding hydrogens is 325 g/mol. The van der Waals surface area contributed by atoms with Crippen LogP contribution in [0.1, 0.15) is 5.69 Å². The van der Waals surface area contributed by atoms with Crippen molar-refractivity contribution >= 4 is 33.2 Å². The zero-order valence-corrected chi connectivity index (χ0v) is 12.7. The maximum absolute atomic E-state index is 11.3. The molecule has 0 bridgehead atoms. The van der Waals surface area contributed by atoms with Crippen molar-refractivity contribution in [2.75, 3.05) is 0 Å². The average molecular weight is 336 g/mol. The summed E-state index contributed by atoms with van der Waals surface area (Å²) < 4.78 is 29.9. The summed E-state index contributed by atoms with van der Waals surface area (Å²) in [5.41, 5.74) is 0.827. The van der Waals surface area contributed by atoms with Gasteiger partial charge in [0.2, 0.25) is 10.0 Å². The summed E-state index contributed by atoms with van der Waals surface area (Å²) in [5, 5.41) is 4.87. The number of aryl methyl sites for hydroxylation is 1. The molecule has 6 nitrogen and oxygen atoms in total. The van der Waals surface area contributed by atoms with Gasteiger partial charge >= 0.3 is 0 Å². The van der Waals surface area contributed by atoms with Gasteiger partial charge in [-0.05, 0) is 12.1 Å². The fourth-order valence-electron chi connectivity index (χ4n) is 1.52. The fourth-order valence-corrected chi connectivity index (χ4v) is 2.88. The Kier molecular flexibility index (Phi) is 4.24. The van der Waals surface area contributed by atoms with Crippen molar-refractivity contribution in [2.45, 2.75) is 11.5 Å². The van der Waals surface area contributed by atoms with Gasteiger partial charge < -0.3 is 9.30 Å². The normalized spacial score (nSPS) is 11.6. The van der Waals surface area contributed by atoms with Gasteiger partial charge in [-0.1, -0.05) is 23.2 Å². The maximum Gasteiger partial charge on any atom is 0.239 e. The molecule has 0 saturated heterocycles. The third-order valence-electron chi connectivity index (χ3n) is 2.61. The molecule has 2 aromatic rings. The second-order valence-electron chi connectivity index (χ2n) is 4.02. The van der Waals surface area contributed by atoms with Crippen molar-refractivity contribution in [3.05, 3.63) is 40.4 Å². The van der Waals surface area contributed by atoms with Gasteiger partial charge in [-0.3, -0.25) is 0 Å². The van der Waals surface area contributed by atoms with Gasteiger partial charge in [-0.2, -0.15) is 0 Å². The van der Waals surface area contributed by atoms with Gasteiger partial charge in [0, 0.05) is 7.05 Å². The van der Waals surface area contributed by atoms with E-state index in [1.807, 2.05) is 7.05 Å².